The van der Waals surface area contributed by atoms with Gasteiger partial charge in [-0.15, -0.1) is 5.10 Å². The van der Waals surface area contributed by atoms with Crippen molar-refractivity contribution >= 4 is 17.5 Å². The molecular weight excluding hydrogens is 278 g/mol. The second-order valence-electron chi connectivity index (χ2n) is 5.66. The Bertz CT molecular complexity index is 684. The molecule has 7 heteroatoms. The molecule has 0 amide bonds. The highest BCUT2D eigenvalue weighted by Gasteiger charge is 2.20. The van der Waals surface area contributed by atoms with Crippen molar-refractivity contribution in [3.63, 3.8) is 0 Å². The average molecular weight is 299 g/mol. The first kappa shape index (κ1) is 14.5. The molecule has 7 nitrogen and oxygen atoms in total. The van der Waals surface area contributed by atoms with Gasteiger partial charge < -0.3 is 15.5 Å². The Morgan fingerprint density at radius 1 is 1.23 bits per heavy atom. The van der Waals surface area contributed by atoms with Gasteiger partial charge in [0.2, 0.25) is 0 Å². The van der Waals surface area contributed by atoms with Crippen LogP contribution in [-0.4, -0.2) is 40.8 Å². The van der Waals surface area contributed by atoms with Gasteiger partial charge in [-0.1, -0.05) is 6.92 Å². The topological polar surface area (TPSA) is 84.1 Å². The largest absolute Gasteiger partial charge is 0.384 e. The van der Waals surface area contributed by atoms with Crippen LogP contribution in [0.15, 0.2) is 12.1 Å². The minimum atomic E-state index is 0.523. The third-order valence-electron chi connectivity index (χ3n) is 3.80. The summed E-state index contributed by atoms with van der Waals surface area (Å²) in [7, 11) is 3.94. The van der Waals surface area contributed by atoms with Gasteiger partial charge in [-0.25, -0.2) is 9.97 Å². The van der Waals surface area contributed by atoms with Crippen LogP contribution in [-0.2, 0) is 19.4 Å². The predicted octanol–water partition coefficient (Wildman–Crippen LogP) is 1.04. The molecule has 0 atom stereocenters. The minimum absolute atomic E-state index is 0.523. The van der Waals surface area contributed by atoms with Crippen LogP contribution in [0.5, 0.6) is 0 Å². The van der Waals surface area contributed by atoms with E-state index in [4.69, 9.17) is 5.73 Å². The zero-order valence-electron chi connectivity index (χ0n) is 13.2. The number of nitrogens with zero attached hydrogens (tertiary/aromatic N) is 6. The Hall–Kier alpha value is -2.44. The lowest BCUT2D eigenvalue weighted by Gasteiger charge is -2.29. The highest BCUT2D eigenvalue weighted by Crippen LogP contribution is 2.24. The summed E-state index contributed by atoms with van der Waals surface area (Å²) in [5.74, 6) is 3.06. The molecule has 1 aliphatic heterocycles. The molecule has 3 rings (SSSR count). The van der Waals surface area contributed by atoms with Crippen LogP contribution in [0.2, 0.25) is 0 Å². The van der Waals surface area contributed by atoms with E-state index in [9.17, 15) is 0 Å². The van der Waals surface area contributed by atoms with Crippen LogP contribution in [0.3, 0.4) is 0 Å². The van der Waals surface area contributed by atoms with Crippen molar-refractivity contribution in [1.82, 2.24) is 20.2 Å². The highest BCUT2D eigenvalue weighted by atomic mass is 15.3. The fourth-order valence-electron chi connectivity index (χ4n) is 2.55. The molecule has 2 aromatic heterocycles. The summed E-state index contributed by atoms with van der Waals surface area (Å²) in [5.41, 5.74) is 8.16. The van der Waals surface area contributed by atoms with Gasteiger partial charge in [0.1, 0.15) is 17.5 Å². The Kier molecular flexibility index (Phi) is 3.79. The Morgan fingerprint density at radius 2 is 2.05 bits per heavy atom. The van der Waals surface area contributed by atoms with Crippen molar-refractivity contribution in [3.8, 4) is 0 Å². The third kappa shape index (κ3) is 2.79. The van der Waals surface area contributed by atoms with Crippen LogP contribution in [0, 0.1) is 0 Å². The second-order valence-corrected chi connectivity index (χ2v) is 5.66. The number of aryl methyl sites for hydroxylation is 1. The van der Waals surface area contributed by atoms with Crippen LogP contribution in [0.4, 0.5) is 17.5 Å². The number of nitrogens with two attached hydrogens (primary N) is 1. The Labute approximate surface area is 130 Å². The molecule has 0 spiro atoms. The molecule has 2 N–H and O–H groups in total. The molecular formula is C15H21N7. The minimum Gasteiger partial charge on any atom is -0.384 e. The SMILES string of the molecule is CCc1nc(N)cc(N2CCc3nnc(N(C)C)cc3C2)n1. The van der Waals surface area contributed by atoms with Crippen molar-refractivity contribution in [1.29, 1.82) is 0 Å². The van der Waals surface area contributed by atoms with Gasteiger partial charge in [0.15, 0.2) is 5.82 Å². The van der Waals surface area contributed by atoms with E-state index >= 15 is 0 Å². The molecule has 0 aromatic carbocycles. The fraction of sp³-hybridized carbons (Fsp3) is 0.467. The zero-order chi connectivity index (χ0) is 15.7. The number of anilines is 3. The van der Waals surface area contributed by atoms with E-state index in [0.29, 0.717) is 5.82 Å². The van der Waals surface area contributed by atoms with E-state index in [0.717, 1.165) is 49.1 Å². The molecule has 0 saturated heterocycles. The molecule has 0 saturated carbocycles. The Balaban J connectivity index is 1.90. The van der Waals surface area contributed by atoms with E-state index in [-0.39, 0.29) is 0 Å². The van der Waals surface area contributed by atoms with Crippen molar-refractivity contribution in [2.45, 2.75) is 26.3 Å². The van der Waals surface area contributed by atoms with Crippen molar-refractivity contribution < 1.29 is 0 Å². The molecule has 0 unspecified atom stereocenters. The van der Waals surface area contributed by atoms with Crippen molar-refractivity contribution in [2.75, 3.05) is 36.2 Å². The van der Waals surface area contributed by atoms with E-state index < -0.39 is 0 Å². The molecule has 0 aliphatic carbocycles. The molecule has 2 aromatic rings. The quantitative estimate of drug-likeness (QED) is 0.906. The van der Waals surface area contributed by atoms with Crippen LogP contribution < -0.4 is 15.5 Å². The van der Waals surface area contributed by atoms with Gasteiger partial charge in [-0.2, -0.15) is 5.10 Å². The second kappa shape index (κ2) is 5.75. The van der Waals surface area contributed by atoms with Gasteiger partial charge in [-0.05, 0) is 11.6 Å². The normalized spacial score (nSPS) is 13.9. The van der Waals surface area contributed by atoms with Gasteiger partial charge in [0, 0.05) is 46.1 Å². The maximum Gasteiger partial charge on any atom is 0.151 e. The standard InChI is InChI=1S/C15H21N7/c1-4-13-17-12(16)8-14(18-13)22-6-5-11-10(9-22)7-15(20-19-11)21(2)3/h7-8H,4-6,9H2,1-3H3,(H2,16,17,18). The average Bonchev–Trinajstić information content (AvgIpc) is 2.53. The summed E-state index contributed by atoms with van der Waals surface area (Å²) in [6.07, 6.45) is 1.64. The number of nitrogen functional groups attached to an aromatic ring is 1. The summed E-state index contributed by atoms with van der Waals surface area (Å²) < 4.78 is 0. The summed E-state index contributed by atoms with van der Waals surface area (Å²) in [5, 5.41) is 8.59. The van der Waals surface area contributed by atoms with Crippen LogP contribution in [0.1, 0.15) is 24.0 Å². The van der Waals surface area contributed by atoms with E-state index in [2.05, 4.69) is 31.1 Å². The molecule has 3 heterocycles. The number of hydrogen-bond donors (Lipinski definition) is 1. The number of hydrogen-bond acceptors (Lipinski definition) is 7. The lowest BCUT2D eigenvalue weighted by atomic mass is 10.1. The smallest absolute Gasteiger partial charge is 0.151 e. The first-order chi connectivity index (χ1) is 10.6. The van der Waals surface area contributed by atoms with Gasteiger partial charge in [-0.3, -0.25) is 0 Å². The lowest BCUT2D eigenvalue weighted by molar-refractivity contribution is 0.683. The summed E-state index contributed by atoms with van der Waals surface area (Å²) >= 11 is 0. The molecule has 22 heavy (non-hydrogen) atoms. The van der Waals surface area contributed by atoms with Gasteiger partial charge >= 0.3 is 0 Å². The summed E-state index contributed by atoms with van der Waals surface area (Å²) in [4.78, 5) is 13.0. The molecule has 0 bridgehead atoms. The van der Waals surface area contributed by atoms with E-state index in [1.165, 1.54) is 5.56 Å². The fourth-order valence-corrected chi connectivity index (χ4v) is 2.55. The van der Waals surface area contributed by atoms with Gasteiger partial charge in [0.05, 0.1) is 5.69 Å². The predicted molar refractivity (Wildman–Crippen MR) is 86.9 cm³/mol. The van der Waals surface area contributed by atoms with Crippen LogP contribution >= 0.6 is 0 Å². The Morgan fingerprint density at radius 3 is 2.77 bits per heavy atom. The number of fused-ring (bicyclic) bond motifs is 1. The van der Waals surface area contributed by atoms with Gasteiger partial charge in [0.25, 0.3) is 0 Å². The van der Waals surface area contributed by atoms with E-state index in [1.807, 2.05) is 32.0 Å². The first-order valence-electron chi connectivity index (χ1n) is 7.48. The van der Waals surface area contributed by atoms with Crippen LogP contribution in [0.25, 0.3) is 0 Å². The molecule has 1 aliphatic rings. The maximum atomic E-state index is 5.89. The molecule has 0 fully saturated rings. The molecule has 116 valence electrons. The molecule has 0 radical (unpaired) electrons. The summed E-state index contributed by atoms with van der Waals surface area (Å²) in [6, 6.07) is 3.94. The lowest BCUT2D eigenvalue weighted by Crippen LogP contribution is -2.32. The third-order valence-corrected chi connectivity index (χ3v) is 3.80. The monoisotopic (exact) mass is 299 g/mol. The van der Waals surface area contributed by atoms with Crippen molar-refractivity contribution in [2.24, 2.45) is 0 Å². The summed E-state index contributed by atoms with van der Waals surface area (Å²) in [6.45, 7) is 3.66. The first-order valence-corrected chi connectivity index (χ1v) is 7.48. The zero-order valence-corrected chi connectivity index (χ0v) is 13.2. The number of aromatic nitrogens is 4. The maximum absolute atomic E-state index is 5.89. The van der Waals surface area contributed by atoms with E-state index in [1.54, 1.807) is 0 Å². The number of rotatable bonds is 3. The highest BCUT2D eigenvalue weighted by molar-refractivity contribution is 5.50. The van der Waals surface area contributed by atoms with Crippen molar-refractivity contribution in [3.05, 3.63) is 29.2 Å².